The molecule has 34 heavy (non-hydrogen) atoms. The van der Waals surface area contributed by atoms with E-state index in [0.29, 0.717) is 51.8 Å². The lowest BCUT2D eigenvalue weighted by Crippen LogP contribution is -2.44. The molecule has 0 aliphatic carbocycles. The van der Waals surface area contributed by atoms with Crippen LogP contribution in [-0.4, -0.2) is 52.2 Å². The van der Waals surface area contributed by atoms with Crippen LogP contribution in [0.3, 0.4) is 0 Å². The fraction of sp³-hybridized carbons (Fsp3) is 0.542. The summed E-state index contributed by atoms with van der Waals surface area (Å²) in [4.78, 5) is 24.5. The predicted molar refractivity (Wildman–Crippen MR) is 138 cm³/mol. The molecule has 2 fully saturated rings. The molecule has 10 heteroatoms. The van der Waals surface area contributed by atoms with E-state index in [4.69, 9.17) is 44.8 Å². The summed E-state index contributed by atoms with van der Waals surface area (Å²) in [5, 5.41) is 14.3. The molecule has 0 spiro atoms. The van der Waals surface area contributed by atoms with Gasteiger partial charge in [-0.15, -0.1) is 0 Å². The molecular weight excluding hydrogens is 497 g/mol. The number of piperidine rings is 2. The molecule has 2 aliphatic rings. The number of benzene rings is 1. The molecule has 3 heterocycles. The number of nitrogens with zero attached hydrogens (tertiary/aromatic N) is 4. The third-order valence-electron chi connectivity index (χ3n) is 7.00. The zero-order valence-electron chi connectivity index (χ0n) is 19.4. The summed E-state index contributed by atoms with van der Waals surface area (Å²) in [7, 11) is 0. The first-order valence-electron chi connectivity index (χ1n) is 11.7. The molecule has 0 bridgehead atoms. The van der Waals surface area contributed by atoms with Gasteiger partial charge in [-0.05, 0) is 69.1 Å². The molecule has 2 atom stereocenters. The Morgan fingerprint density at radius 1 is 1.12 bits per heavy atom. The van der Waals surface area contributed by atoms with Gasteiger partial charge in [0.25, 0.3) is 0 Å². The van der Waals surface area contributed by atoms with E-state index >= 15 is 0 Å². The Bertz CT molecular complexity index is 1050. The minimum absolute atomic E-state index is 0.127. The molecule has 184 valence electrons. The number of nitrogens with one attached hydrogen (secondary N) is 1. The summed E-state index contributed by atoms with van der Waals surface area (Å²) in [6.45, 7) is 6.89. The van der Waals surface area contributed by atoms with Gasteiger partial charge in [-0.1, -0.05) is 40.9 Å². The lowest BCUT2D eigenvalue weighted by atomic mass is 9.80. The van der Waals surface area contributed by atoms with Gasteiger partial charge in [0.2, 0.25) is 5.95 Å². The van der Waals surface area contributed by atoms with Crippen molar-refractivity contribution in [2.24, 2.45) is 11.8 Å². The number of halogens is 3. The fourth-order valence-electron chi connectivity index (χ4n) is 5.06. The second-order valence-corrected chi connectivity index (χ2v) is 10.5. The van der Waals surface area contributed by atoms with Crippen LogP contribution in [0.2, 0.25) is 15.1 Å². The van der Waals surface area contributed by atoms with E-state index in [2.05, 4.69) is 10.2 Å². The van der Waals surface area contributed by atoms with E-state index < -0.39 is 6.09 Å². The van der Waals surface area contributed by atoms with Gasteiger partial charge >= 0.3 is 6.09 Å². The average molecular weight is 527 g/mol. The summed E-state index contributed by atoms with van der Waals surface area (Å²) in [5.74, 6) is 2.29. The standard InChI is InChI=1S/C24H30Cl3N5O2/c1-14(19-6-5-18(25)12-20(19)26)28-22-21(27)15(2)29-23(30-22)32-9-3-4-17(13-32)16-7-10-31(11-8-16)24(33)34/h5-6,12,14,16-17H,3-4,7-11,13H2,1-2H3,(H,33,34)(H,28,29,30). The van der Waals surface area contributed by atoms with Crippen LogP contribution in [0.25, 0.3) is 0 Å². The average Bonchev–Trinajstić information content (AvgIpc) is 2.82. The van der Waals surface area contributed by atoms with Crippen molar-refractivity contribution in [3.63, 3.8) is 0 Å². The highest BCUT2D eigenvalue weighted by Crippen LogP contribution is 2.35. The highest BCUT2D eigenvalue weighted by atomic mass is 35.5. The molecule has 4 rings (SSSR count). The van der Waals surface area contributed by atoms with Gasteiger partial charge in [-0.25, -0.2) is 9.78 Å². The molecule has 2 unspecified atom stereocenters. The van der Waals surface area contributed by atoms with Gasteiger partial charge in [0.05, 0.1) is 11.7 Å². The Morgan fingerprint density at radius 3 is 2.53 bits per heavy atom. The molecular formula is C24H30Cl3N5O2. The van der Waals surface area contributed by atoms with Crippen LogP contribution >= 0.6 is 34.8 Å². The Balaban J connectivity index is 1.48. The number of carboxylic acid groups (broad SMARTS) is 1. The number of carbonyl (C=O) groups is 1. The van der Waals surface area contributed by atoms with Crippen molar-refractivity contribution in [2.75, 3.05) is 36.4 Å². The first kappa shape index (κ1) is 25.1. The third kappa shape index (κ3) is 5.64. The Hall–Kier alpha value is -1.96. The monoisotopic (exact) mass is 525 g/mol. The number of aromatic nitrogens is 2. The zero-order valence-corrected chi connectivity index (χ0v) is 21.7. The quantitative estimate of drug-likeness (QED) is 0.461. The maximum absolute atomic E-state index is 11.2. The van der Waals surface area contributed by atoms with Crippen LogP contribution in [0.1, 0.15) is 49.9 Å². The molecule has 2 N–H and O–H groups in total. The second-order valence-electron chi connectivity index (χ2n) is 9.26. The van der Waals surface area contributed by atoms with E-state index in [1.807, 2.05) is 26.0 Å². The van der Waals surface area contributed by atoms with Gasteiger partial charge in [0.1, 0.15) is 5.02 Å². The molecule has 0 radical (unpaired) electrons. The van der Waals surface area contributed by atoms with Crippen molar-refractivity contribution in [2.45, 2.75) is 45.6 Å². The predicted octanol–water partition coefficient (Wildman–Crippen LogP) is 6.52. The van der Waals surface area contributed by atoms with Crippen LogP contribution in [0.5, 0.6) is 0 Å². The topological polar surface area (TPSA) is 81.6 Å². The van der Waals surface area contributed by atoms with E-state index in [0.717, 1.165) is 50.0 Å². The number of likely N-dealkylation sites (tertiary alicyclic amines) is 1. The summed E-state index contributed by atoms with van der Waals surface area (Å²) < 4.78 is 0. The zero-order chi connectivity index (χ0) is 24.4. The Morgan fingerprint density at radius 2 is 1.85 bits per heavy atom. The highest BCUT2D eigenvalue weighted by molar-refractivity contribution is 6.35. The number of rotatable bonds is 5. The molecule has 1 aromatic heterocycles. The SMILES string of the molecule is Cc1nc(N2CCCC(C3CCN(C(=O)O)CC3)C2)nc(NC(C)c2ccc(Cl)cc2Cl)c1Cl. The number of anilines is 2. The van der Waals surface area contributed by atoms with Crippen LogP contribution < -0.4 is 10.2 Å². The first-order valence-corrected chi connectivity index (χ1v) is 12.8. The maximum atomic E-state index is 11.2. The van der Waals surface area contributed by atoms with Crippen molar-refractivity contribution < 1.29 is 9.90 Å². The van der Waals surface area contributed by atoms with Crippen molar-refractivity contribution in [1.29, 1.82) is 0 Å². The van der Waals surface area contributed by atoms with Gasteiger partial charge in [0, 0.05) is 36.2 Å². The maximum Gasteiger partial charge on any atom is 0.407 e. The van der Waals surface area contributed by atoms with Crippen LogP contribution in [0, 0.1) is 18.8 Å². The van der Waals surface area contributed by atoms with Gasteiger partial charge in [-0.2, -0.15) is 4.98 Å². The summed E-state index contributed by atoms with van der Waals surface area (Å²) in [6, 6.07) is 5.31. The molecule has 1 amide bonds. The van der Waals surface area contributed by atoms with E-state index in [-0.39, 0.29) is 6.04 Å². The van der Waals surface area contributed by atoms with E-state index in [9.17, 15) is 9.90 Å². The van der Waals surface area contributed by atoms with Crippen molar-refractivity contribution >= 4 is 52.7 Å². The molecule has 1 aromatic carbocycles. The normalized spacial score (nSPS) is 20.3. The lowest BCUT2D eigenvalue weighted by Gasteiger charge is -2.40. The van der Waals surface area contributed by atoms with Crippen molar-refractivity contribution in [3.05, 3.63) is 44.5 Å². The van der Waals surface area contributed by atoms with Gasteiger partial charge < -0.3 is 20.2 Å². The van der Waals surface area contributed by atoms with Crippen LogP contribution in [-0.2, 0) is 0 Å². The number of aryl methyl sites for hydroxylation is 1. The molecule has 2 aromatic rings. The summed E-state index contributed by atoms with van der Waals surface area (Å²) in [6.07, 6.45) is 3.23. The van der Waals surface area contributed by atoms with Crippen molar-refractivity contribution in [1.82, 2.24) is 14.9 Å². The number of amides is 1. The molecule has 2 aliphatic heterocycles. The lowest BCUT2D eigenvalue weighted by molar-refractivity contribution is 0.109. The van der Waals surface area contributed by atoms with Gasteiger partial charge in [0.15, 0.2) is 5.82 Å². The molecule has 2 saturated heterocycles. The molecule has 7 nitrogen and oxygen atoms in total. The van der Waals surface area contributed by atoms with E-state index in [1.54, 1.807) is 6.07 Å². The van der Waals surface area contributed by atoms with E-state index in [1.165, 1.54) is 4.90 Å². The summed E-state index contributed by atoms with van der Waals surface area (Å²) in [5.41, 5.74) is 1.63. The molecule has 0 saturated carbocycles. The van der Waals surface area contributed by atoms with Crippen LogP contribution in [0.4, 0.5) is 16.6 Å². The van der Waals surface area contributed by atoms with Gasteiger partial charge in [-0.3, -0.25) is 0 Å². The smallest absolute Gasteiger partial charge is 0.407 e. The minimum Gasteiger partial charge on any atom is -0.465 e. The highest BCUT2D eigenvalue weighted by Gasteiger charge is 2.32. The Kier molecular flexibility index (Phi) is 7.95. The second kappa shape index (κ2) is 10.8. The summed E-state index contributed by atoms with van der Waals surface area (Å²) >= 11 is 19.0. The van der Waals surface area contributed by atoms with Crippen LogP contribution in [0.15, 0.2) is 18.2 Å². The van der Waals surface area contributed by atoms with Crippen molar-refractivity contribution in [3.8, 4) is 0 Å². The fourth-order valence-corrected chi connectivity index (χ4v) is 5.77. The minimum atomic E-state index is -0.817. The Labute approximate surface area is 215 Å². The third-order valence-corrected chi connectivity index (χ3v) is 8.02. The first-order chi connectivity index (χ1) is 16.2. The number of hydrogen-bond acceptors (Lipinski definition) is 5. The largest absolute Gasteiger partial charge is 0.465 e. The number of hydrogen-bond donors (Lipinski definition) is 2.